The van der Waals surface area contributed by atoms with E-state index in [9.17, 15) is 9.59 Å². The third-order valence-electron chi connectivity index (χ3n) is 3.30. The van der Waals surface area contributed by atoms with Gasteiger partial charge in [0.25, 0.3) is 5.91 Å². The Morgan fingerprint density at radius 3 is 2.78 bits per heavy atom. The maximum absolute atomic E-state index is 12.3. The lowest BCUT2D eigenvalue weighted by atomic mass is 10.00. The minimum atomic E-state index is -0.264. The molecule has 0 aliphatic carbocycles. The highest BCUT2D eigenvalue weighted by molar-refractivity contribution is 5.97. The second-order valence-electron chi connectivity index (χ2n) is 4.93. The van der Waals surface area contributed by atoms with Gasteiger partial charge in [0, 0.05) is 18.7 Å². The number of carbonyl (C=O) groups is 2. The number of rotatable bonds is 3. The van der Waals surface area contributed by atoms with E-state index in [4.69, 9.17) is 0 Å². The molecule has 4 nitrogen and oxygen atoms in total. The number of hydrogen-bond acceptors (Lipinski definition) is 3. The molecule has 0 aromatic carbocycles. The summed E-state index contributed by atoms with van der Waals surface area (Å²) in [6, 6.07) is 4.99. The van der Waals surface area contributed by atoms with E-state index in [1.54, 1.807) is 29.3 Å². The standard InChI is InChI=1S/C14H18N2O2/c1-10(2)13(17)12-7-5-9-16(12)14(18)11-6-3-4-8-15-11/h3-4,6,8,10,12H,5,7,9H2,1-2H3/t12-/m0/s1. The SMILES string of the molecule is CC(C)C(=O)[C@@H]1CCCN1C(=O)c1ccccn1. The monoisotopic (exact) mass is 246 g/mol. The first-order valence-electron chi connectivity index (χ1n) is 6.37. The van der Waals surface area contributed by atoms with Crippen molar-refractivity contribution in [3.05, 3.63) is 30.1 Å². The third-order valence-corrected chi connectivity index (χ3v) is 3.30. The first-order chi connectivity index (χ1) is 8.61. The Morgan fingerprint density at radius 2 is 2.17 bits per heavy atom. The molecule has 4 heteroatoms. The van der Waals surface area contributed by atoms with Gasteiger partial charge in [-0.25, -0.2) is 0 Å². The van der Waals surface area contributed by atoms with Gasteiger partial charge < -0.3 is 4.90 Å². The number of likely N-dealkylation sites (tertiary alicyclic amines) is 1. The third kappa shape index (κ3) is 2.42. The summed E-state index contributed by atoms with van der Waals surface area (Å²) < 4.78 is 0. The van der Waals surface area contributed by atoms with Crippen LogP contribution in [0.15, 0.2) is 24.4 Å². The highest BCUT2D eigenvalue weighted by atomic mass is 16.2. The van der Waals surface area contributed by atoms with E-state index in [0.717, 1.165) is 12.8 Å². The van der Waals surface area contributed by atoms with Gasteiger partial charge in [0.2, 0.25) is 0 Å². The van der Waals surface area contributed by atoms with Crippen LogP contribution in [-0.2, 0) is 4.79 Å². The van der Waals surface area contributed by atoms with Crippen LogP contribution in [0.2, 0.25) is 0 Å². The molecule has 0 saturated carbocycles. The highest BCUT2D eigenvalue weighted by Crippen LogP contribution is 2.22. The van der Waals surface area contributed by atoms with E-state index < -0.39 is 0 Å². The average Bonchev–Trinajstić information content (AvgIpc) is 2.87. The van der Waals surface area contributed by atoms with Gasteiger partial charge in [-0.3, -0.25) is 14.6 Å². The molecule has 0 spiro atoms. The Bertz CT molecular complexity index is 442. The first kappa shape index (κ1) is 12.7. The summed E-state index contributed by atoms with van der Waals surface area (Å²) in [5, 5.41) is 0. The molecule has 18 heavy (non-hydrogen) atoms. The van der Waals surface area contributed by atoms with Crippen LogP contribution in [0.3, 0.4) is 0 Å². The summed E-state index contributed by atoms with van der Waals surface area (Å²) >= 11 is 0. The van der Waals surface area contributed by atoms with Crippen LogP contribution in [0, 0.1) is 5.92 Å². The van der Waals surface area contributed by atoms with Crippen molar-refractivity contribution in [2.45, 2.75) is 32.7 Å². The minimum Gasteiger partial charge on any atom is -0.327 e. The van der Waals surface area contributed by atoms with Crippen molar-refractivity contribution in [3.8, 4) is 0 Å². The summed E-state index contributed by atoms with van der Waals surface area (Å²) in [5.41, 5.74) is 0.418. The lowest BCUT2D eigenvalue weighted by Gasteiger charge is -2.24. The van der Waals surface area contributed by atoms with Crippen LogP contribution >= 0.6 is 0 Å². The van der Waals surface area contributed by atoms with Crippen molar-refractivity contribution < 1.29 is 9.59 Å². The first-order valence-corrected chi connectivity index (χ1v) is 6.37. The Hall–Kier alpha value is -1.71. The van der Waals surface area contributed by atoms with E-state index in [2.05, 4.69) is 4.98 Å². The number of Topliss-reactive ketones (excluding diaryl/α,β-unsaturated/α-hetero) is 1. The van der Waals surface area contributed by atoms with E-state index in [0.29, 0.717) is 12.2 Å². The molecule has 2 rings (SSSR count). The van der Waals surface area contributed by atoms with Crippen LogP contribution in [-0.4, -0.2) is 34.2 Å². The number of pyridine rings is 1. The number of amides is 1. The zero-order valence-electron chi connectivity index (χ0n) is 10.8. The van der Waals surface area contributed by atoms with Crippen molar-refractivity contribution in [1.29, 1.82) is 0 Å². The van der Waals surface area contributed by atoms with Crippen LogP contribution in [0.1, 0.15) is 37.2 Å². The van der Waals surface area contributed by atoms with Crippen molar-refractivity contribution in [2.75, 3.05) is 6.54 Å². The predicted octanol–water partition coefficient (Wildman–Crippen LogP) is 1.91. The molecule has 1 atom stereocenters. The van der Waals surface area contributed by atoms with E-state index in [1.807, 2.05) is 13.8 Å². The second-order valence-corrected chi connectivity index (χ2v) is 4.93. The maximum atomic E-state index is 12.3. The molecule has 1 aromatic heterocycles. The number of ketones is 1. The van der Waals surface area contributed by atoms with Crippen LogP contribution in [0.4, 0.5) is 0 Å². The molecular weight excluding hydrogens is 228 g/mol. The van der Waals surface area contributed by atoms with Crippen molar-refractivity contribution in [1.82, 2.24) is 9.88 Å². The number of carbonyl (C=O) groups excluding carboxylic acids is 2. The molecule has 2 heterocycles. The van der Waals surface area contributed by atoms with Gasteiger partial charge in [0.05, 0.1) is 6.04 Å². The van der Waals surface area contributed by atoms with Gasteiger partial charge in [-0.2, -0.15) is 0 Å². The van der Waals surface area contributed by atoms with E-state index in [1.165, 1.54) is 0 Å². The Morgan fingerprint density at radius 1 is 1.39 bits per heavy atom. The zero-order chi connectivity index (χ0) is 13.1. The molecule has 1 saturated heterocycles. The summed E-state index contributed by atoms with van der Waals surface area (Å²) in [5.74, 6) is -0.0176. The molecule has 0 radical (unpaired) electrons. The second kappa shape index (κ2) is 5.29. The predicted molar refractivity (Wildman–Crippen MR) is 68.1 cm³/mol. The Labute approximate surface area is 107 Å². The van der Waals surface area contributed by atoms with Gasteiger partial charge in [0.1, 0.15) is 5.69 Å². The van der Waals surface area contributed by atoms with Gasteiger partial charge in [-0.1, -0.05) is 19.9 Å². The molecule has 0 bridgehead atoms. The van der Waals surface area contributed by atoms with Gasteiger partial charge in [-0.05, 0) is 25.0 Å². The topological polar surface area (TPSA) is 50.3 Å². The van der Waals surface area contributed by atoms with Crippen LogP contribution in [0.25, 0.3) is 0 Å². The molecule has 96 valence electrons. The summed E-state index contributed by atoms with van der Waals surface area (Å²) in [7, 11) is 0. The average molecular weight is 246 g/mol. The molecule has 1 aliphatic rings. The number of aromatic nitrogens is 1. The largest absolute Gasteiger partial charge is 0.327 e. The van der Waals surface area contributed by atoms with E-state index in [-0.39, 0.29) is 23.7 Å². The Kier molecular flexibility index (Phi) is 3.75. The quantitative estimate of drug-likeness (QED) is 0.818. The van der Waals surface area contributed by atoms with Gasteiger partial charge in [0.15, 0.2) is 5.78 Å². The normalized spacial score (nSPS) is 19.3. The van der Waals surface area contributed by atoms with Crippen molar-refractivity contribution >= 4 is 11.7 Å². The Balaban J connectivity index is 2.17. The van der Waals surface area contributed by atoms with Crippen LogP contribution in [0.5, 0.6) is 0 Å². The smallest absolute Gasteiger partial charge is 0.273 e. The fraction of sp³-hybridized carbons (Fsp3) is 0.500. The van der Waals surface area contributed by atoms with E-state index >= 15 is 0 Å². The van der Waals surface area contributed by atoms with Gasteiger partial charge >= 0.3 is 0 Å². The maximum Gasteiger partial charge on any atom is 0.273 e. The molecule has 0 N–H and O–H groups in total. The number of nitrogens with zero attached hydrogens (tertiary/aromatic N) is 2. The number of hydrogen-bond donors (Lipinski definition) is 0. The molecule has 0 unspecified atom stereocenters. The fourth-order valence-corrected chi connectivity index (χ4v) is 2.33. The fourth-order valence-electron chi connectivity index (χ4n) is 2.33. The molecule has 1 amide bonds. The minimum absolute atomic E-state index is 0.0351. The lowest BCUT2D eigenvalue weighted by molar-refractivity contribution is -0.125. The molecule has 1 aliphatic heterocycles. The van der Waals surface area contributed by atoms with Crippen molar-refractivity contribution in [3.63, 3.8) is 0 Å². The van der Waals surface area contributed by atoms with Crippen molar-refractivity contribution in [2.24, 2.45) is 5.92 Å². The zero-order valence-corrected chi connectivity index (χ0v) is 10.8. The molecule has 1 fully saturated rings. The molecular formula is C14H18N2O2. The molecule has 1 aromatic rings. The summed E-state index contributed by atoms with van der Waals surface area (Å²) in [6.45, 7) is 4.41. The van der Waals surface area contributed by atoms with Crippen LogP contribution < -0.4 is 0 Å². The summed E-state index contributed by atoms with van der Waals surface area (Å²) in [4.78, 5) is 30.1. The van der Waals surface area contributed by atoms with Gasteiger partial charge in [-0.15, -0.1) is 0 Å². The summed E-state index contributed by atoms with van der Waals surface area (Å²) in [6.07, 6.45) is 3.26. The highest BCUT2D eigenvalue weighted by Gasteiger charge is 2.35. The lowest BCUT2D eigenvalue weighted by Crippen LogP contribution is -2.42.